The van der Waals surface area contributed by atoms with E-state index in [2.05, 4.69) is 22.4 Å². The van der Waals surface area contributed by atoms with Gasteiger partial charge in [-0.05, 0) is 23.3 Å². The van der Waals surface area contributed by atoms with Gasteiger partial charge in [0.25, 0.3) is 0 Å². The Kier molecular flexibility index (Phi) is 3.94. The lowest BCUT2D eigenvalue weighted by molar-refractivity contribution is 0.309. The monoisotopic (exact) mass is 315 g/mol. The molecule has 1 aromatic heterocycles. The van der Waals surface area contributed by atoms with Gasteiger partial charge >= 0.3 is 0 Å². The second kappa shape index (κ2) is 6.54. The first kappa shape index (κ1) is 14.5. The first-order chi connectivity index (χ1) is 11.9. The first-order valence-electron chi connectivity index (χ1n) is 7.93. The normalized spacial score (nSPS) is 10.8. The van der Waals surface area contributed by atoms with Crippen LogP contribution in [0.1, 0.15) is 11.1 Å². The Morgan fingerprint density at radius 1 is 0.750 bits per heavy atom. The van der Waals surface area contributed by atoms with Crippen molar-refractivity contribution in [2.24, 2.45) is 0 Å². The van der Waals surface area contributed by atoms with E-state index in [1.807, 2.05) is 71.4 Å². The number of hydrogen-bond acceptors (Lipinski definition) is 3. The van der Waals surface area contributed by atoms with Crippen molar-refractivity contribution in [2.75, 3.05) is 0 Å². The molecule has 0 fully saturated rings. The Morgan fingerprint density at radius 2 is 1.46 bits per heavy atom. The number of aromatic nitrogens is 3. The Hall–Kier alpha value is -3.14. The molecular weight excluding hydrogens is 298 g/mol. The number of nitrogens with zero attached hydrogens (tertiary/aromatic N) is 3. The van der Waals surface area contributed by atoms with Gasteiger partial charge in [0.2, 0.25) is 0 Å². The maximum atomic E-state index is 5.95. The molecule has 0 aliphatic carbocycles. The molecular formula is C20H17N3O. The molecule has 4 heteroatoms. The van der Waals surface area contributed by atoms with Gasteiger partial charge in [-0.25, -0.2) is 4.68 Å². The number of rotatable bonds is 5. The smallest absolute Gasteiger partial charge is 0.155 e. The maximum Gasteiger partial charge on any atom is 0.155 e. The van der Waals surface area contributed by atoms with Crippen LogP contribution in [-0.4, -0.2) is 15.0 Å². The van der Waals surface area contributed by atoms with Crippen molar-refractivity contribution in [3.63, 3.8) is 0 Å². The van der Waals surface area contributed by atoms with Gasteiger partial charge in [0.15, 0.2) is 5.52 Å². The van der Waals surface area contributed by atoms with E-state index in [9.17, 15) is 0 Å². The number of benzene rings is 3. The van der Waals surface area contributed by atoms with Crippen LogP contribution in [0.5, 0.6) is 5.75 Å². The summed E-state index contributed by atoms with van der Waals surface area (Å²) in [4.78, 5) is 0. The predicted molar refractivity (Wildman–Crippen MR) is 93.8 cm³/mol. The van der Waals surface area contributed by atoms with E-state index >= 15 is 0 Å². The van der Waals surface area contributed by atoms with Crippen molar-refractivity contribution in [2.45, 2.75) is 13.2 Å². The molecule has 24 heavy (non-hydrogen) atoms. The minimum Gasteiger partial charge on any atom is -0.486 e. The quantitative estimate of drug-likeness (QED) is 0.557. The van der Waals surface area contributed by atoms with Crippen LogP contribution in [0.15, 0.2) is 78.9 Å². The molecule has 0 N–H and O–H groups in total. The fourth-order valence-corrected chi connectivity index (χ4v) is 2.69. The summed E-state index contributed by atoms with van der Waals surface area (Å²) >= 11 is 0. The summed E-state index contributed by atoms with van der Waals surface area (Å²) in [6, 6.07) is 26.3. The van der Waals surface area contributed by atoms with Gasteiger partial charge in [0, 0.05) is 0 Å². The molecule has 0 saturated heterocycles. The van der Waals surface area contributed by atoms with Crippen molar-refractivity contribution in [3.05, 3.63) is 90.0 Å². The van der Waals surface area contributed by atoms with E-state index in [0.29, 0.717) is 13.2 Å². The zero-order valence-electron chi connectivity index (χ0n) is 13.2. The molecule has 118 valence electrons. The number of ether oxygens (including phenoxy) is 1. The predicted octanol–water partition coefficient (Wildman–Crippen LogP) is 4.06. The third kappa shape index (κ3) is 2.99. The van der Waals surface area contributed by atoms with E-state index in [1.165, 1.54) is 5.56 Å². The molecule has 0 spiro atoms. The summed E-state index contributed by atoms with van der Waals surface area (Å²) < 4.78 is 7.86. The maximum absolute atomic E-state index is 5.95. The highest BCUT2D eigenvalue weighted by Gasteiger charge is 2.10. The van der Waals surface area contributed by atoms with Gasteiger partial charge < -0.3 is 4.74 Å². The van der Waals surface area contributed by atoms with Gasteiger partial charge in [0.05, 0.1) is 12.1 Å². The zero-order chi connectivity index (χ0) is 16.2. The molecule has 0 saturated carbocycles. The fourth-order valence-electron chi connectivity index (χ4n) is 2.69. The van der Waals surface area contributed by atoms with Crippen LogP contribution in [0.4, 0.5) is 0 Å². The van der Waals surface area contributed by atoms with Gasteiger partial charge in [-0.2, -0.15) is 0 Å². The van der Waals surface area contributed by atoms with Crippen LogP contribution in [0.25, 0.3) is 11.0 Å². The van der Waals surface area contributed by atoms with Crippen molar-refractivity contribution >= 4 is 11.0 Å². The van der Waals surface area contributed by atoms with E-state index in [-0.39, 0.29) is 0 Å². The minimum atomic E-state index is 0.519. The van der Waals surface area contributed by atoms with Crippen LogP contribution >= 0.6 is 0 Å². The van der Waals surface area contributed by atoms with Gasteiger partial charge in [-0.1, -0.05) is 71.9 Å². The summed E-state index contributed by atoms with van der Waals surface area (Å²) in [5, 5.41) is 8.61. The van der Waals surface area contributed by atoms with Crippen molar-refractivity contribution in [3.8, 4) is 5.75 Å². The lowest BCUT2D eigenvalue weighted by Crippen LogP contribution is -2.01. The topological polar surface area (TPSA) is 39.9 Å². The lowest BCUT2D eigenvalue weighted by Gasteiger charge is -2.07. The summed E-state index contributed by atoms with van der Waals surface area (Å²) in [6.45, 7) is 1.21. The van der Waals surface area contributed by atoms with Crippen LogP contribution < -0.4 is 4.74 Å². The third-order valence-electron chi connectivity index (χ3n) is 3.92. The molecule has 1 heterocycles. The average molecular weight is 315 g/mol. The summed E-state index contributed by atoms with van der Waals surface area (Å²) in [7, 11) is 0. The highest BCUT2D eigenvalue weighted by molar-refractivity contribution is 5.81. The van der Waals surface area contributed by atoms with Crippen LogP contribution in [-0.2, 0) is 13.2 Å². The van der Waals surface area contributed by atoms with Gasteiger partial charge in [-0.15, -0.1) is 5.10 Å². The van der Waals surface area contributed by atoms with Crippen LogP contribution in [0.2, 0.25) is 0 Å². The molecule has 4 rings (SSSR count). The Labute approximate surface area is 140 Å². The number of hydrogen-bond donors (Lipinski definition) is 0. The summed E-state index contributed by atoms with van der Waals surface area (Å²) in [5.74, 6) is 0.760. The molecule has 3 aromatic carbocycles. The summed E-state index contributed by atoms with van der Waals surface area (Å²) in [5.41, 5.74) is 4.10. The Morgan fingerprint density at radius 3 is 2.21 bits per heavy atom. The lowest BCUT2D eigenvalue weighted by atomic mass is 10.2. The molecule has 0 aliphatic rings. The largest absolute Gasteiger partial charge is 0.486 e. The van der Waals surface area contributed by atoms with Crippen molar-refractivity contribution in [1.29, 1.82) is 0 Å². The van der Waals surface area contributed by atoms with Crippen LogP contribution in [0.3, 0.4) is 0 Å². The molecule has 0 amide bonds. The molecule has 0 bridgehead atoms. The van der Waals surface area contributed by atoms with Gasteiger partial charge in [0.1, 0.15) is 12.4 Å². The molecule has 0 unspecified atom stereocenters. The molecule has 4 aromatic rings. The SMILES string of the molecule is c1ccc(COc2cccc3c2nnn3Cc2ccccc2)cc1. The van der Waals surface area contributed by atoms with Gasteiger partial charge in [-0.3, -0.25) is 0 Å². The summed E-state index contributed by atoms with van der Waals surface area (Å²) in [6.07, 6.45) is 0. The fraction of sp³-hybridized carbons (Fsp3) is 0.100. The third-order valence-corrected chi connectivity index (χ3v) is 3.92. The number of fused-ring (bicyclic) bond motifs is 1. The molecule has 0 aliphatic heterocycles. The van der Waals surface area contributed by atoms with E-state index < -0.39 is 0 Å². The molecule has 4 nitrogen and oxygen atoms in total. The second-order valence-electron chi connectivity index (χ2n) is 5.63. The molecule has 0 atom stereocenters. The highest BCUT2D eigenvalue weighted by atomic mass is 16.5. The standard InChI is InChI=1S/C20H17N3O/c1-3-8-16(9-4-1)14-23-18-12-7-13-19(20(18)21-22-23)24-15-17-10-5-2-6-11-17/h1-13H,14-15H2. The minimum absolute atomic E-state index is 0.519. The molecule has 0 radical (unpaired) electrons. The van der Waals surface area contributed by atoms with Crippen LogP contribution in [0, 0.1) is 0 Å². The van der Waals surface area contributed by atoms with E-state index in [0.717, 1.165) is 22.3 Å². The Bertz CT molecular complexity index is 933. The zero-order valence-corrected chi connectivity index (χ0v) is 13.2. The van der Waals surface area contributed by atoms with E-state index in [4.69, 9.17) is 4.74 Å². The van der Waals surface area contributed by atoms with Crippen molar-refractivity contribution in [1.82, 2.24) is 15.0 Å². The van der Waals surface area contributed by atoms with E-state index in [1.54, 1.807) is 0 Å². The Balaban J connectivity index is 1.59. The highest BCUT2D eigenvalue weighted by Crippen LogP contribution is 2.24. The van der Waals surface area contributed by atoms with Crippen molar-refractivity contribution < 1.29 is 4.74 Å². The first-order valence-corrected chi connectivity index (χ1v) is 7.93. The average Bonchev–Trinajstić information content (AvgIpc) is 3.05. The second-order valence-corrected chi connectivity index (χ2v) is 5.63.